The van der Waals surface area contributed by atoms with E-state index in [4.69, 9.17) is 5.26 Å². The molecular formula is C32H29N5O4S. The fraction of sp³-hybridized carbons (Fsp3) is 0.250. The Kier molecular flexibility index (Phi) is 7.01. The summed E-state index contributed by atoms with van der Waals surface area (Å²) in [5.41, 5.74) is 0.677. The number of fused-ring (bicyclic) bond motifs is 1. The van der Waals surface area contributed by atoms with Gasteiger partial charge >= 0.3 is 0 Å². The minimum absolute atomic E-state index is 0.0527. The number of benzene rings is 2. The quantitative estimate of drug-likeness (QED) is 0.234. The summed E-state index contributed by atoms with van der Waals surface area (Å²) < 4.78 is 28.0. The Hall–Kier alpha value is -4.59. The van der Waals surface area contributed by atoms with Crippen molar-refractivity contribution in [3.8, 4) is 6.07 Å². The molecule has 3 aromatic rings. The Morgan fingerprint density at radius 1 is 1.07 bits per heavy atom. The molecule has 6 rings (SSSR count). The standard InChI is InChI=1S/C32H29N5O4S/c1-2-14-32(18-22-12-15-34-16-13-22)31(39)37(29(35-32)17-28(38)24-10-8-23(19-33)9-11-24)30-26-20-36(21-27(26)30)42(40,41)25-6-4-3-5-7-25/h2-13,15-17,26-27,30,35H,1,14,18,20-21H2/b29-17+/t26-,27+,30+,32?. The Bertz CT molecular complexity index is 1710. The van der Waals surface area contributed by atoms with Crippen LogP contribution in [0.3, 0.4) is 0 Å². The maximum Gasteiger partial charge on any atom is 0.254 e. The second-order valence-corrected chi connectivity index (χ2v) is 12.9. The van der Waals surface area contributed by atoms with Crippen molar-refractivity contribution in [3.63, 3.8) is 0 Å². The average molecular weight is 580 g/mol. The Balaban J connectivity index is 1.31. The van der Waals surface area contributed by atoms with Gasteiger partial charge in [-0.25, -0.2) is 8.42 Å². The number of nitrogens with one attached hydrogen (secondary N) is 1. The summed E-state index contributed by atoms with van der Waals surface area (Å²) in [7, 11) is -3.64. The highest BCUT2D eigenvalue weighted by molar-refractivity contribution is 7.89. The van der Waals surface area contributed by atoms with E-state index in [-0.39, 0.29) is 34.5 Å². The highest BCUT2D eigenvalue weighted by atomic mass is 32.2. The number of rotatable bonds is 9. The lowest BCUT2D eigenvalue weighted by molar-refractivity contribution is -0.132. The summed E-state index contributed by atoms with van der Waals surface area (Å²) >= 11 is 0. The van der Waals surface area contributed by atoms with Gasteiger partial charge in [-0.15, -0.1) is 6.58 Å². The summed E-state index contributed by atoms with van der Waals surface area (Å²) in [5, 5.41) is 12.5. The lowest BCUT2D eigenvalue weighted by Crippen LogP contribution is -2.49. The van der Waals surface area contributed by atoms with Crippen molar-refractivity contribution < 1.29 is 18.0 Å². The van der Waals surface area contributed by atoms with Gasteiger partial charge in [-0.3, -0.25) is 19.5 Å². The van der Waals surface area contributed by atoms with Crippen LogP contribution in [0.15, 0.2) is 109 Å². The van der Waals surface area contributed by atoms with Gasteiger partial charge in [0.25, 0.3) is 5.91 Å². The molecule has 42 heavy (non-hydrogen) atoms. The summed E-state index contributed by atoms with van der Waals surface area (Å²) in [5.74, 6) is -0.194. The van der Waals surface area contributed by atoms with E-state index in [9.17, 15) is 18.0 Å². The lowest BCUT2D eigenvalue weighted by atomic mass is 9.87. The van der Waals surface area contributed by atoms with Crippen LogP contribution >= 0.6 is 0 Å². The molecule has 1 saturated carbocycles. The Labute approximate surface area is 244 Å². The highest BCUT2D eigenvalue weighted by Crippen LogP contribution is 2.53. The molecule has 0 spiro atoms. The van der Waals surface area contributed by atoms with Crippen molar-refractivity contribution in [2.24, 2.45) is 11.8 Å². The predicted octanol–water partition coefficient (Wildman–Crippen LogP) is 3.29. The average Bonchev–Trinajstić information content (AvgIpc) is 3.34. The molecule has 212 valence electrons. The number of ketones is 1. The highest BCUT2D eigenvalue weighted by Gasteiger charge is 2.65. The normalized spacial score (nSPS) is 26.0. The number of carbonyl (C=O) groups is 2. The van der Waals surface area contributed by atoms with Gasteiger partial charge in [-0.1, -0.05) is 24.3 Å². The van der Waals surface area contributed by atoms with E-state index in [0.717, 1.165) is 5.56 Å². The lowest BCUT2D eigenvalue weighted by Gasteiger charge is -2.27. The molecule has 1 N–H and O–H groups in total. The van der Waals surface area contributed by atoms with Crippen molar-refractivity contribution in [2.45, 2.75) is 29.3 Å². The van der Waals surface area contributed by atoms with Crippen LogP contribution < -0.4 is 5.32 Å². The van der Waals surface area contributed by atoms with Crippen LogP contribution in [-0.2, 0) is 21.2 Å². The molecule has 3 heterocycles. The summed E-state index contributed by atoms with van der Waals surface area (Å²) in [6, 6.07) is 20.2. The molecule has 0 bridgehead atoms. The van der Waals surface area contributed by atoms with Crippen LogP contribution in [0.1, 0.15) is 27.9 Å². The maximum atomic E-state index is 14.3. The zero-order valence-corrected chi connectivity index (χ0v) is 23.6. The van der Waals surface area contributed by atoms with Crippen molar-refractivity contribution in [3.05, 3.63) is 120 Å². The Morgan fingerprint density at radius 2 is 1.74 bits per heavy atom. The van der Waals surface area contributed by atoms with Crippen LogP contribution in [-0.4, -0.2) is 59.0 Å². The third kappa shape index (κ3) is 4.81. The van der Waals surface area contributed by atoms with E-state index in [2.05, 4.69) is 16.9 Å². The molecule has 9 nitrogen and oxygen atoms in total. The van der Waals surface area contributed by atoms with E-state index >= 15 is 0 Å². The molecule has 0 radical (unpaired) electrons. The van der Waals surface area contributed by atoms with Gasteiger partial charge in [0.2, 0.25) is 10.0 Å². The fourth-order valence-corrected chi connectivity index (χ4v) is 7.76. The first-order valence-electron chi connectivity index (χ1n) is 13.7. The number of nitriles is 1. The first-order chi connectivity index (χ1) is 20.3. The van der Waals surface area contributed by atoms with Crippen molar-refractivity contribution in [1.29, 1.82) is 5.26 Å². The number of piperidine rings is 1. The van der Waals surface area contributed by atoms with E-state index in [1.54, 1.807) is 78.0 Å². The molecule has 3 fully saturated rings. The number of hydrogen-bond acceptors (Lipinski definition) is 7. The number of nitrogens with zero attached hydrogens (tertiary/aromatic N) is 4. The van der Waals surface area contributed by atoms with E-state index < -0.39 is 15.6 Å². The summed E-state index contributed by atoms with van der Waals surface area (Å²) in [4.78, 5) is 33.7. The zero-order valence-electron chi connectivity index (χ0n) is 22.8. The first-order valence-corrected chi connectivity index (χ1v) is 15.1. The number of pyridine rings is 1. The SMILES string of the molecule is C=CCC1(Cc2ccncc2)N/C(=C\C(=O)c2ccc(C#N)cc2)N([C@H]2[C@@H]3CN(S(=O)(=O)c4ccccc4)C[C@@H]32)C1=O. The largest absolute Gasteiger partial charge is 0.357 e. The van der Waals surface area contributed by atoms with Crippen LogP contribution in [0.2, 0.25) is 0 Å². The minimum Gasteiger partial charge on any atom is -0.357 e. The zero-order chi connectivity index (χ0) is 29.5. The molecule has 4 atom stereocenters. The van der Waals surface area contributed by atoms with Gasteiger partial charge in [0.15, 0.2) is 5.78 Å². The monoisotopic (exact) mass is 579 g/mol. The molecule has 1 amide bonds. The van der Waals surface area contributed by atoms with Gasteiger partial charge in [0.05, 0.1) is 16.5 Å². The second-order valence-electron chi connectivity index (χ2n) is 10.9. The number of carbonyl (C=O) groups excluding carboxylic acids is 2. The Morgan fingerprint density at radius 3 is 2.36 bits per heavy atom. The van der Waals surface area contributed by atoms with Crippen molar-refractivity contribution >= 4 is 21.7 Å². The topological polar surface area (TPSA) is 123 Å². The molecule has 1 unspecified atom stereocenters. The van der Waals surface area contributed by atoms with Gasteiger partial charge < -0.3 is 5.32 Å². The van der Waals surface area contributed by atoms with E-state index in [1.807, 2.05) is 18.2 Å². The molecule has 3 aliphatic rings. The van der Waals surface area contributed by atoms with Gasteiger partial charge in [-0.2, -0.15) is 9.57 Å². The number of hydrogen-bond donors (Lipinski definition) is 1. The predicted molar refractivity (Wildman–Crippen MR) is 155 cm³/mol. The third-order valence-electron chi connectivity index (χ3n) is 8.36. The molecule has 2 saturated heterocycles. The summed E-state index contributed by atoms with van der Waals surface area (Å²) in [6.07, 6.45) is 7.15. The second kappa shape index (κ2) is 10.7. The van der Waals surface area contributed by atoms with E-state index in [0.29, 0.717) is 42.9 Å². The van der Waals surface area contributed by atoms with Crippen LogP contribution in [0, 0.1) is 23.2 Å². The smallest absolute Gasteiger partial charge is 0.254 e. The number of allylic oxidation sites excluding steroid dienone is 1. The van der Waals surface area contributed by atoms with Crippen LogP contribution in [0.4, 0.5) is 0 Å². The molecule has 10 heteroatoms. The minimum atomic E-state index is -3.64. The number of aromatic nitrogens is 1. The van der Waals surface area contributed by atoms with Gasteiger partial charge in [0, 0.05) is 61.4 Å². The van der Waals surface area contributed by atoms with Gasteiger partial charge in [-0.05, 0) is 60.5 Å². The van der Waals surface area contributed by atoms with Crippen LogP contribution in [0.25, 0.3) is 0 Å². The first kappa shape index (κ1) is 27.6. The third-order valence-corrected chi connectivity index (χ3v) is 10.2. The number of amides is 1. The van der Waals surface area contributed by atoms with Crippen molar-refractivity contribution in [2.75, 3.05) is 13.1 Å². The summed E-state index contributed by atoms with van der Waals surface area (Å²) in [6.45, 7) is 4.49. The molecule has 1 aromatic heterocycles. The van der Waals surface area contributed by atoms with Crippen LogP contribution in [0.5, 0.6) is 0 Å². The molecule has 1 aliphatic carbocycles. The molecule has 2 aliphatic heterocycles. The molecular weight excluding hydrogens is 550 g/mol. The van der Waals surface area contributed by atoms with Crippen molar-refractivity contribution in [1.82, 2.24) is 19.5 Å². The fourth-order valence-electron chi connectivity index (χ4n) is 6.22. The maximum absolute atomic E-state index is 14.3. The van der Waals surface area contributed by atoms with E-state index in [1.165, 1.54) is 10.4 Å². The van der Waals surface area contributed by atoms with Gasteiger partial charge in [0.1, 0.15) is 11.4 Å². The number of sulfonamides is 1. The molecule has 2 aromatic carbocycles.